The predicted octanol–water partition coefficient (Wildman–Crippen LogP) is 3.97. The molecule has 0 saturated heterocycles. The lowest BCUT2D eigenvalue weighted by Gasteiger charge is -2.11. The Balaban J connectivity index is 2.26. The number of halogens is 3. The summed E-state index contributed by atoms with van der Waals surface area (Å²) in [5, 5.41) is 8.76. The number of rotatable bonds is 3. The third-order valence-electron chi connectivity index (χ3n) is 3.23. The van der Waals surface area contributed by atoms with Crippen molar-refractivity contribution in [3.05, 3.63) is 29.3 Å². The molecule has 1 aromatic carbocycles. The van der Waals surface area contributed by atoms with Crippen molar-refractivity contribution < 1.29 is 17.9 Å². The van der Waals surface area contributed by atoms with E-state index in [0.717, 1.165) is 18.4 Å². The van der Waals surface area contributed by atoms with Crippen molar-refractivity contribution in [2.75, 3.05) is 0 Å². The second-order valence-electron chi connectivity index (χ2n) is 4.43. The molecule has 5 heteroatoms. The van der Waals surface area contributed by atoms with E-state index in [9.17, 15) is 13.2 Å². The second-order valence-corrected chi connectivity index (χ2v) is 4.43. The van der Waals surface area contributed by atoms with Crippen LogP contribution in [0.15, 0.2) is 18.2 Å². The first-order chi connectivity index (χ1) is 8.44. The normalized spacial score (nSPS) is 22.4. The van der Waals surface area contributed by atoms with Crippen molar-refractivity contribution in [3.63, 3.8) is 0 Å². The van der Waals surface area contributed by atoms with Crippen molar-refractivity contribution in [1.29, 1.82) is 5.26 Å². The Morgan fingerprint density at radius 3 is 2.67 bits per heavy atom. The summed E-state index contributed by atoms with van der Waals surface area (Å²) in [6.07, 6.45) is -2.76. The molecular weight excluding hydrogens is 243 g/mol. The number of nitriles is 1. The van der Waals surface area contributed by atoms with Gasteiger partial charge < -0.3 is 4.74 Å². The Bertz CT molecular complexity index is 490. The van der Waals surface area contributed by atoms with Crippen LogP contribution in [0, 0.1) is 17.2 Å². The Morgan fingerprint density at radius 2 is 2.17 bits per heavy atom. The van der Waals surface area contributed by atoms with Crippen LogP contribution in [0.4, 0.5) is 13.2 Å². The van der Waals surface area contributed by atoms with E-state index in [1.807, 2.05) is 0 Å². The fourth-order valence-corrected chi connectivity index (χ4v) is 2.18. The zero-order valence-electron chi connectivity index (χ0n) is 9.79. The van der Waals surface area contributed by atoms with Gasteiger partial charge in [0, 0.05) is 0 Å². The van der Waals surface area contributed by atoms with E-state index in [-0.39, 0.29) is 5.56 Å². The van der Waals surface area contributed by atoms with Crippen LogP contribution >= 0.6 is 0 Å². The maximum Gasteiger partial charge on any atom is 0.573 e. The zero-order chi connectivity index (χ0) is 13.3. The summed E-state index contributed by atoms with van der Waals surface area (Å²) < 4.78 is 40.5. The number of nitrogens with zero attached hydrogens (tertiary/aromatic N) is 1. The summed E-state index contributed by atoms with van der Waals surface area (Å²) in [4.78, 5) is 0. The van der Waals surface area contributed by atoms with E-state index in [0.29, 0.717) is 11.8 Å². The van der Waals surface area contributed by atoms with Crippen molar-refractivity contribution in [1.82, 2.24) is 0 Å². The van der Waals surface area contributed by atoms with Gasteiger partial charge in [0.15, 0.2) is 0 Å². The van der Waals surface area contributed by atoms with Crippen LogP contribution in [0.2, 0.25) is 0 Å². The molecule has 2 rings (SSSR count). The minimum Gasteiger partial charge on any atom is -0.404 e. The first-order valence-electron chi connectivity index (χ1n) is 5.74. The van der Waals surface area contributed by atoms with E-state index in [4.69, 9.17) is 5.26 Å². The molecule has 2 atom stereocenters. The maximum absolute atomic E-state index is 12.2. The highest BCUT2D eigenvalue weighted by molar-refractivity contribution is 5.47. The monoisotopic (exact) mass is 255 g/mol. The molecule has 2 nitrogen and oxygen atoms in total. The summed E-state index contributed by atoms with van der Waals surface area (Å²) >= 11 is 0. The molecule has 0 aromatic heterocycles. The fourth-order valence-electron chi connectivity index (χ4n) is 2.18. The van der Waals surface area contributed by atoms with Gasteiger partial charge in [0.25, 0.3) is 0 Å². The number of benzene rings is 1. The highest BCUT2D eigenvalue weighted by Crippen LogP contribution is 2.50. The highest BCUT2D eigenvalue weighted by Gasteiger charge is 2.38. The number of ether oxygens (including phenoxy) is 1. The number of hydrogen-bond acceptors (Lipinski definition) is 2. The van der Waals surface area contributed by atoms with Gasteiger partial charge in [-0.2, -0.15) is 5.26 Å². The largest absolute Gasteiger partial charge is 0.573 e. The van der Waals surface area contributed by atoms with Gasteiger partial charge in [0.2, 0.25) is 0 Å². The smallest absolute Gasteiger partial charge is 0.404 e. The van der Waals surface area contributed by atoms with Crippen LogP contribution < -0.4 is 4.74 Å². The molecule has 1 saturated carbocycles. The molecule has 0 spiro atoms. The fraction of sp³-hybridized carbons (Fsp3) is 0.462. The molecule has 1 aliphatic carbocycles. The molecule has 0 bridgehead atoms. The summed E-state index contributed by atoms with van der Waals surface area (Å²) in [6, 6.07) is 6.15. The molecule has 1 aliphatic rings. The quantitative estimate of drug-likeness (QED) is 0.818. The first kappa shape index (κ1) is 12.7. The predicted molar refractivity (Wildman–Crippen MR) is 59.0 cm³/mol. The lowest BCUT2D eigenvalue weighted by Crippen LogP contribution is -2.18. The average Bonchev–Trinajstić information content (AvgIpc) is 3.06. The SMILES string of the molecule is CC[C@H]1C[C@@H]1c1ccc(C#N)c(OC(F)(F)F)c1. The lowest BCUT2D eigenvalue weighted by molar-refractivity contribution is -0.274. The van der Waals surface area contributed by atoms with Crippen LogP contribution in [-0.4, -0.2) is 6.36 Å². The van der Waals surface area contributed by atoms with Crippen molar-refractivity contribution >= 4 is 0 Å². The average molecular weight is 255 g/mol. The lowest BCUT2D eigenvalue weighted by atomic mass is 10.1. The van der Waals surface area contributed by atoms with E-state index < -0.39 is 12.1 Å². The summed E-state index contributed by atoms with van der Waals surface area (Å²) in [6.45, 7) is 2.06. The molecule has 0 N–H and O–H groups in total. The van der Waals surface area contributed by atoms with Crippen LogP contribution in [0.5, 0.6) is 5.75 Å². The van der Waals surface area contributed by atoms with Crippen molar-refractivity contribution in [3.8, 4) is 11.8 Å². The van der Waals surface area contributed by atoms with E-state index in [1.165, 1.54) is 12.1 Å². The molecule has 1 fully saturated rings. The Hall–Kier alpha value is -1.70. The van der Waals surface area contributed by atoms with E-state index in [2.05, 4.69) is 11.7 Å². The molecule has 0 heterocycles. The van der Waals surface area contributed by atoms with Gasteiger partial charge in [0.1, 0.15) is 11.8 Å². The maximum atomic E-state index is 12.2. The second kappa shape index (κ2) is 4.52. The van der Waals surface area contributed by atoms with Gasteiger partial charge in [-0.25, -0.2) is 0 Å². The van der Waals surface area contributed by atoms with Gasteiger partial charge in [-0.15, -0.1) is 13.2 Å². The van der Waals surface area contributed by atoms with Gasteiger partial charge in [-0.3, -0.25) is 0 Å². The third-order valence-corrected chi connectivity index (χ3v) is 3.23. The van der Waals surface area contributed by atoms with E-state index >= 15 is 0 Å². The summed E-state index contributed by atoms with van der Waals surface area (Å²) in [7, 11) is 0. The van der Waals surface area contributed by atoms with Gasteiger partial charge >= 0.3 is 6.36 Å². The number of hydrogen-bond donors (Lipinski definition) is 0. The molecule has 96 valence electrons. The Kier molecular flexibility index (Phi) is 3.20. The van der Waals surface area contributed by atoms with Crippen LogP contribution in [0.25, 0.3) is 0 Å². The molecular formula is C13H12F3NO. The van der Waals surface area contributed by atoms with Crippen molar-refractivity contribution in [2.24, 2.45) is 5.92 Å². The summed E-state index contributed by atoms with van der Waals surface area (Å²) in [5.74, 6) is 0.444. The van der Waals surface area contributed by atoms with E-state index in [1.54, 1.807) is 12.1 Å². The molecule has 18 heavy (non-hydrogen) atoms. The highest BCUT2D eigenvalue weighted by atomic mass is 19.4. The minimum atomic E-state index is -4.77. The topological polar surface area (TPSA) is 33.0 Å². The molecule has 0 unspecified atom stereocenters. The van der Waals surface area contributed by atoms with Crippen LogP contribution in [0.1, 0.15) is 36.8 Å². The van der Waals surface area contributed by atoms with Crippen LogP contribution in [-0.2, 0) is 0 Å². The molecule has 1 aromatic rings. The van der Waals surface area contributed by atoms with Gasteiger partial charge in [-0.1, -0.05) is 19.4 Å². The van der Waals surface area contributed by atoms with Crippen LogP contribution in [0.3, 0.4) is 0 Å². The zero-order valence-corrected chi connectivity index (χ0v) is 9.79. The summed E-state index contributed by atoms with van der Waals surface area (Å²) in [5.41, 5.74) is 0.727. The van der Waals surface area contributed by atoms with Crippen molar-refractivity contribution in [2.45, 2.75) is 32.0 Å². The minimum absolute atomic E-state index is 0.0928. The molecule has 0 amide bonds. The van der Waals surface area contributed by atoms with Gasteiger partial charge in [0.05, 0.1) is 5.56 Å². The number of alkyl halides is 3. The standard InChI is InChI=1S/C13H12F3NO/c1-2-8-5-11(8)9-3-4-10(7-17)12(6-9)18-13(14,15)16/h3-4,6,8,11H,2,5H2,1H3/t8-,11-/m0/s1. The first-order valence-corrected chi connectivity index (χ1v) is 5.74. The molecule has 0 aliphatic heterocycles. The Labute approximate surface area is 103 Å². The Morgan fingerprint density at radius 1 is 1.44 bits per heavy atom. The van der Waals surface area contributed by atoms with Gasteiger partial charge in [-0.05, 0) is 36.0 Å². The molecule has 0 radical (unpaired) electrons. The third kappa shape index (κ3) is 2.76.